The Kier molecular flexibility index (Phi) is 3.13. The third kappa shape index (κ3) is 2.11. The quantitative estimate of drug-likeness (QED) is 0.859. The van der Waals surface area contributed by atoms with E-state index in [-0.39, 0.29) is 5.60 Å². The normalized spacial score (nSPS) is 31.3. The Balaban J connectivity index is 2.00. The molecule has 0 amide bonds. The van der Waals surface area contributed by atoms with Crippen LogP contribution in [0.4, 0.5) is 0 Å². The van der Waals surface area contributed by atoms with Crippen molar-refractivity contribution < 1.29 is 4.74 Å². The summed E-state index contributed by atoms with van der Waals surface area (Å²) >= 11 is 5.53. The molecule has 1 fully saturated rings. The van der Waals surface area contributed by atoms with E-state index in [2.05, 4.69) is 39.4 Å². The van der Waals surface area contributed by atoms with Crippen LogP contribution in [0.25, 0.3) is 0 Å². The number of ether oxygens (including phenoxy) is 1. The number of benzene rings is 1. The van der Waals surface area contributed by atoms with Crippen molar-refractivity contribution in [3.8, 4) is 5.75 Å². The topological polar surface area (TPSA) is 21.3 Å². The number of nitrogens with one attached hydrogen (secondary N) is 1. The molecule has 0 saturated carbocycles. The van der Waals surface area contributed by atoms with Crippen LogP contribution in [0, 0.1) is 0 Å². The Morgan fingerprint density at radius 3 is 3.12 bits per heavy atom. The summed E-state index contributed by atoms with van der Waals surface area (Å²) in [5.41, 5.74) is 1.35. The molecule has 0 radical (unpaired) electrons. The highest BCUT2D eigenvalue weighted by Gasteiger charge is 2.43. The van der Waals surface area contributed by atoms with Crippen molar-refractivity contribution in [3.05, 3.63) is 28.2 Å². The highest BCUT2D eigenvalue weighted by molar-refractivity contribution is 9.10. The van der Waals surface area contributed by atoms with Crippen LogP contribution in [0.1, 0.15) is 24.4 Å². The van der Waals surface area contributed by atoms with Crippen LogP contribution in [0.5, 0.6) is 5.75 Å². The first-order valence-corrected chi connectivity index (χ1v) is 7.91. The van der Waals surface area contributed by atoms with Gasteiger partial charge in [0.1, 0.15) is 11.4 Å². The second kappa shape index (κ2) is 4.48. The van der Waals surface area contributed by atoms with Gasteiger partial charge in [-0.1, -0.05) is 22.0 Å². The minimum absolute atomic E-state index is 0.0616. The third-order valence-electron chi connectivity index (χ3n) is 3.67. The number of rotatable bonds is 1. The van der Waals surface area contributed by atoms with E-state index in [1.54, 1.807) is 0 Å². The highest BCUT2D eigenvalue weighted by atomic mass is 79.9. The zero-order valence-corrected chi connectivity index (χ0v) is 12.2. The van der Waals surface area contributed by atoms with Crippen molar-refractivity contribution >= 4 is 27.7 Å². The first-order chi connectivity index (χ1) is 8.22. The lowest BCUT2D eigenvalue weighted by Gasteiger charge is -2.39. The Bertz CT molecular complexity index is 431. The molecule has 92 valence electrons. The molecular weight excluding hydrogens is 298 g/mol. The van der Waals surface area contributed by atoms with Gasteiger partial charge in [0.25, 0.3) is 0 Å². The molecule has 4 heteroatoms. The summed E-state index contributed by atoms with van der Waals surface area (Å²) in [5.74, 6) is 3.39. The molecule has 1 aromatic rings. The molecule has 1 N–H and O–H groups in total. The minimum atomic E-state index is 0.0616. The predicted octanol–water partition coefficient (Wildman–Crippen LogP) is 3.37. The fourth-order valence-electron chi connectivity index (χ4n) is 2.73. The predicted molar refractivity (Wildman–Crippen MR) is 75.9 cm³/mol. The number of fused-ring (bicyclic) bond motifs is 1. The van der Waals surface area contributed by atoms with E-state index in [9.17, 15) is 0 Å². The maximum atomic E-state index is 6.30. The molecule has 2 aliphatic rings. The zero-order chi connectivity index (χ0) is 11.9. The molecule has 1 spiro atoms. The molecule has 2 aliphatic heterocycles. The molecule has 17 heavy (non-hydrogen) atoms. The minimum Gasteiger partial charge on any atom is -0.486 e. The molecule has 3 rings (SSSR count). The lowest BCUT2D eigenvalue weighted by molar-refractivity contribution is 0.0564. The summed E-state index contributed by atoms with van der Waals surface area (Å²) in [6, 6.07) is 6.78. The van der Waals surface area contributed by atoms with Crippen LogP contribution in [0.2, 0.25) is 0 Å². The van der Waals surface area contributed by atoms with E-state index in [1.165, 1.54) is 17.7 Å². The monoisotopic (exact) mass is 313 g/mol. The molecule has 0 aliphatic carbocycles. The van der Waals surface area contributed by atoms with Crippen molar-refractivity contribution in [2.45, 2.75) is 24.5 Å². The second-order valence-electron chi connectivity index (χ2n) is 4.82. The molecule has 2 atom stereocenters. The van der Waals surface area contributed by atoms with Crippen molar-refractivity contribution in [1.29, 1.82) is 0 Å². The van der Waals surface area contributed by atoms with E-state index in [1.807, 2.05) is 18.8 Å². The summed E-state index contributed by atoms with van der Waals surface area (Å²) in [6.07, 6.45) is 2.26. The van der Waals surface area contributed by atoms with Gasteiger partial charge in [0.05, 0.1) is 0 Å². The Labute approximate surface area is 115 Å². The Morgan fingerprint density at radius 2 is 2.41 bits per heavy atom. The molecule has 1 aromatic carbocycles. The lowest BCUT2D eigenvalue weighted by atomic mass is 9.87. The maximum absolute atomic E-state index is 6.30. The SMILES string of the molecule is CNC1CC2(CCSC2)Oc2cc(Br)ccc21. The van der Waals surface area contributed by atoms with Gasteiger partial charge in [0.2, 0.25) is 0 Å². The average molecular weight is 314 g/mol. The van der Waals surface area contributed by atoms with E-state index >= 15 is 0 Å². The van der Waals surface area contributed by atoms with E-state index in [0.29, 0.717) is 6.04 Å². The van der Waals surface area contributed by atoms with E-state index in [4.69, 9.17) is 4.74 Å². The summed E-state index contributed by atoms with van der Waals surface area (Å²) in [7, 11) is 2.04. The van der Waals surface area contributed by atoms with Crippen LogP contribution in [0.3, 0.4) is 0 Å². The standard InChI is InChI=1S/C13H16BrNOS/c1-15-11-7-13(4-5-17-8-13)16-12-6-9(14)2-3-10(11)12/h2-3,6,11,15H,4-5,7-8H2,1H3. The third-order valence-corrected chi connectivity index (χ3v) is 5.39. The average Bonchev–Trinajstić information content (AvgIpc) is 2.75. The molecular formula is C13H16BrNOS. The first-order valence-electron chi connectivity index (χ1n) is 5.96. The molecule has 1 saturated heterocycles. The van der Waals surface area contributed by atoms with Crippen LogP contribution in [-0.4, -0.2) is 24.2 Å². The highest BCUT2D eigenvalue weighted by Crippen LogP contribution is 2.46. The van der Waals surface area contributed by atoms with Crippen LogP contribution in [-0.2, 0) is 0 Å². The largest absolute Gasteiger partial charge is 0.486 e. The van der Waals surface area contributed by atoms with Crippen molar-refractivity contribution in [1.82, 2.24) is 5.32 Å². The fraction of sp³-hybridized carbons (Fsp3) is 0.538. The summed E-state index contributed by atoms with van der Waals surface area (Å²) in [4.78, 5) is 0. The summed E-state index contributed by atoms with van der Waals surface area (Å²) in [5, 5.41) is 3.43. The smallest absolute Gasteiger partial charge is 0.126 e. The van der Waals surface area contributed by atoms with Gasteiger partial charge in [0, 0.05) is 28.3 Å². The van der Waals surface area contributed by atoms with Crippen molar-refractivity contribution in [3.63, 3.8) is 0 Å². The molecule has 2 heterocycles. The Hall–Kier alpha value is -0.190. The summed E-state index contributed by atoms with van der Waals surface area (Å²) < 4.78 is 7.39. The van der Waals surface area contributed by atoms with E-state index < -0.39 is 0 Å². The van der Waals surface area contributed by atoms with Gasteiger partial charge in [-0.3, -0.25) is 0 Å². The number of hydrogen-bond acceptors (Lipinski definition) is 3. The van der Waals surface area contributed by atoms with Crippen LogP contribution in [0.15, 0.2) is 22.7 Å². The molecule has 2 unspecified atom stereocenters. The Morgan fingerprint density at radius 1 is 1.53 bits per heavy atom. The van der Waals surface area contributed by atoms with Gasteiger partial charge >= 0.3 is 0 Å². The van der Waals surface area contributed by atoms with E-state index in [0.717, 1.165) is 22.4 Å². The van der Waals surface area contributed by atoms with Gasteiger partial charge in [0.15, 0.2) is 0 Å². The van der Waals surface area contributed by atoms with Gasteiger partial charge in [-0.25, -0.2) is 0 Å². The number of hydrogen-bond donors (Lipinski definition) is 1. The van der Waals surface area contributed by atoms with Gasteiger partial charge in [-0.15, -0.1) is 0 Å². The number of halogens is 1. The van der Waals surface area contributed by atoms with Crippen LogP contribution < -0.4 is 10.1 Å². The van der Waals surface area contributed by atoms with Gasteiger partial charge in [-0.2, -0.15) is 11.8 Å². The number of thioether (sulfide) groups is 1. The first kappa shape index (κ1) is 11.9. The fourth-order valence-corrected chi connectivity index (χ4v) is 4.42. The molecule has 0 bridgehead atoms. The van der Waals surface area contributed by atoms with Crippen LogP contribution >= 0.6 is 27.7 Å². The maximum Gasteiger partial charge on any atom is 0.126 e. The van der Waals surface area contributed by atoms with Crippen molar-refractivity contribution in [2.24, 2.45) is 0 Å². The van der Waals surface area contributed by atoms with Crippen molar-refractivity contribution in [2.75, 3.05) is 18.6 Å². The summed E-state index contributed by atoms with van der Waals surface area (Å²) in [6.45, 7) is 0. The second-order valence-corrected chi connectivity index (χ2v) is 6.84. The van der Waals surface area contributed by atoms with Gasteiger partial charge < -0.3 is 10.1 Å². The van der Waals surface area contributed by atoms with Gasteiger partial charge in [-0.05, 0) is 31.4 Å². The zero-order valence-electron chi connectivity index (χ0n) is 9.83. The molecule has 2 nitrogen and oxygen atoms in total. The lowest BCUT2D eigenvalue weighted by Crippen LogP contribution is -2.43. The molecule has 0 aromatic heterocycles.